The van der Waals surface area contributed by atoms with Crippen LogP contribution in [0.4, 0.5) is 0 Å². The number of benzene rings is 1. The highest BCUT2D eigenvalue weighted by Crippen LogP contribution is 2.40. The highest BCUT2D eigenvalue weighted by atomic mass is 32.2. The van der Waals surface area contributed by atoms with E-state index in [1.807, 2.05) is 18.2 Å². The van der Waals surface area contributed by atoms with Crippen molar-refractivity contribution in [1.82, 2.24) is 14.8 Å². The van der Waals surface area contributed by atoms with Crippen LogP contribution in [0.1, 0.15) is 35.9 Å². The van der Waals surface area contributed by atoms with Crippen molar-refractivity contribution in [2.75, 3.05) is 0 Å². The van der Waals surface area contributed by atoms with Gasteiger partial charge in [0.1, 0.15) is 11.6 Å². The van der Waals surface area contributed by atoms with Gasteiger partial charge in [-0.2, -0.15) is 0 Å². The molecule has 0 bridgehead atoms. The van der Waals surface area contributed by atoms with E-state index in [0.717, 1.165) is 22.5 Å². The van der Waals surface area contributed by atoms with Gasteiger partial charge in [-0.1, -0.05) is 42.1 Å². The number of nitrogens with zero attached hydrogens (tertiary/aromatic N) is 3. The van der Waals surface area contributed by atoms with E-state index in [2.05, 4.69) is 39.0 Å². The van der Waals surface area contributed by atoms with Crippen molar-refractivity contribution in [3.8, 4) is 0 Å². The first-order valence-corrected chi connectivity index (χ1v) is 8.51. The normalized spacial score (nSPS) is 14.4. The lowest BCUT2D eigenvalue weighted by molar-refractivity contribution is 0.478. The zero-order valence-corrected chi connectivity index (χ0v) is 13.0. The molecule has 1 fully saturated rings. The largest absolute Gasteiger partial charge is 0.467 e. The molecule has 0 unspecified atom stereocenters. The van der Waals surface area contributed by atoms with Crippen LogP contribution < -0.4 is 0 Å². The molecule has 2 aromatic heterocycles. The average Bonchev–Trinajstić information content (AvgIpc) is 3.12. The molecule has 4 nitrogen and oxygen atoms in total. The van der Waals surface area contributed by atoms with E-state index < -0.39 is 0 Å². The van der Waals surface area contributed by atoms with E-state index in [9.17, 15) is 0 Å². The Hall–Kier alpha value is -2.01. The number of furan rings is 1. The molecular formula is C17H17N3OS. The maximum absolute atomic E-state index is 5.49. The highest BCUT2D eigenvalue weighted by molar-refractivity contribution is 7.98. The summed E-state index contributed by atoms with van der Waals surface area (Å²) in [6.45, 7) is 0.711. The lowest BCUT2D eigenvalue weighted by atomic mass is 10.2. The van der Waals surface area contributed by atoms with Crippen LogP contribution in [-0.4, -0.2) is 14.8 Å². The minimum absolute atomic E-state index is 0.577. The molecule has 0 N–H and O–H groups in total. The van der Waals surface area contributed by atoms with Crippen molar-refractivity contribution in [2.45, 2.75) is 36.2 Å². The van der Waals surface area contributed by atoms with Crippen LogP contribution in [-0.2, 0) is 12.3 Å². The van der Waals surface area contributed by atoms with Gasteiger partial charge in [0.2, 0.25) is 0 Å². The lowest BCUT2D eigenvalue weighted by Crippen LogP contribution is -2.05. The zero-order chi connectivity index (χ0) is 14.8. The van der Waals surface area contributed by atoms with Crippen molar-refractivity contribution in [2.24, 2.45) is 0 Å². The zero-order valence-electron chi connectivity index (χ0n) is 12.2. The molecule has 1 aliphatic rings. The molecule has 1 aliphatic carbocycles. The summed E-state index contributed by atoms with van der Waals surface area (Å²) in [4.78, 5) is 0. The minimum atomic E-state index is 0.577. The van der Waals surface area contributed by atoms with Crippen LogP contribution in [0.25, 0.3) is 0 Å². The Labute approximate surface area is 133 Å². The quantitative estimate of drug-likeness (QED) is 0.643. The Balaban J connectivity index is 1.56. The molecule has 0 atom stereocenters. The third-order valence-corrected chi connectivity index (χ3v) is 4.83. The molecule has 1 aromatic carbocycles. The van der Waals surface area contributed by atoms with E-state index >= 15 is 0 Å². The smallest absolute Gasteiger partial charge is 0.191 e. The van der Waals surface area contributed by atoms with Crippen LogP contribution in [0, 0.1) is 0 Å². The van der Waals surface area contributed by atoms with E-state index in [-0.39, 0.29) is 0 Å². The molecule has 112 valence electrons. The van der Waals surface area contributed by atoms with Gasteiger partial charge in [-0.05, 0) is 30.5 Å². The van der Waals surface area contributed by atoms with Crippen LogP contribution >= 0.6 is 11.8 Å². The molecule has 0 radical (unpaired) electrons. The number of hydrogen-bond donors (Lipinski definition) is 0. The maximum atomic E-state index is 5.49. The predicted molar refractivity (Wildman–Crippen MR) is 85.8 cm³/mol. The Kier molecular flexibility index (Phi) is 3.72. The van der Waals surface area contributed by atoms with E-state index in [1.54, 1.807) is 18.0 Å². The Morgan fingerprint density at radius 2 is 1.95 bits per heavy atom. The van der Waals surface area contributed by atoms with Gasteiger partial charge in [0, 0.05) is 11.7 Å². The van der Waals surface area contributed by atoms with Gasteiger partial charge < -0.3 is 4.42 Å². The molecule has 3 aromatic rings. The van der Waals surface area contributed by atoms with E-state index in [0.29, 0.717) is 12.5 Å². The fraction of sp³-hybridized carbons (Fsp3) is 0.294. The summed E-state index contributed by atoms with van der Waals surface area (Å²) in [5.41, 5.74) is 1.30. The monoisotopic (exact) mass is 311 g/mol. The van der Waals surface area contributed by atoms with Gasteiger partial charge in [-0.25, -0.2) is 0 Å². The van der Waals surface area contributed by atoms with Crippen LogP contribution in [0.15, 0.2) is 58.3 Å². The van der Waals surface area contributed by atoms with Crippen molar-refractivity contribution in [1.29, 1.82) is 0 Å². The summed E-state index contributed by atoms with van der Waals surface area (Å²) in [5, 5.41) is 9.80. The first-order chi connectivity index (χ1) is 10.9. The predicted octanol–water partition coefficient (Wildman–Crippen LogP) is 4.09. The molecule has 4 rings (SSSR count). The topological polar surface area (TPSA) is 43.9 Å². The lowest BCUT2D eigenvalue weighted by Gasteiger charge is -2.08. The first-order valence-electron chi connectivity index (χ1n) is 7.52. The number of hydrogen-bond acceptors (Lipinski definition) is 4. The Morgan fingerprint density at radius 3 is 2.68 bits per heavy atom. The SMILES string of the molecule is c1ccc(CSc2nnc(C3CC3)n2Cc2ccco2)cc1. The van der Waals surface area contributed by atoms with Gasteiger partial charge in [0.15, 0.2) is 5.16 Å². The van der Waals surface area contributed by atoms with E-state index in [4.69, 9.17) is 4.42 Å². The fourth-order valence-corrected chi connectivity index (χ4v) is 3.38. The van der Waals surface area contributed by atoms with Crippen LogP contribution in [0.5, 0.6) is 0 Å². The summed E-state index contributed by atoms with van der Waals surface area (Å²) in [6.07, 6.45) is 4.16. The second kappa shape index (κ2) is 6.01. The number of aromatic nitrogens is 3. The molecule has 5 heteroatoms. The van der Waals surface area contributed by atoms with Gasteiger partial charge in [0.05, 0.1) is 12.8 Å². The molecule has 22 heavy (non-hydrogen) atoms. The molecule has 2 heterocycles. The van der Waals surface area contributed by atoms with Crippen molar-refractivity contribution in [3.05, 3.63) is 65.9 Å². The third kappa shape index (κ3) is 2.95. The Bertz CT molecular complexity index is 733. The highest BCUT2D eigenvalue weighted by Gasteiger charge is 2.30. The summed E-state index contributed by atoms with van der Waals surface area (Å²) in [5.74, 6) is 3.53. The minimum Gasteiger partial charge on any atom is -0.467 e. The summed E-state index contributed by atoms with van der Waals surface area (Å²) >= 11 is 1.74. The summed E-state index contributed by atoms with van der Waals surface area (Å²) in [7, 11) is 0. The average molecular weight is 311 g/mol. The second-order valence-corrected chi connectivity index (χ2v) is 6.50. The molecule has 0 amide bonds. The van der Waals surface area contributed by atoms with Gasteiger partial charge >= 0.3 is 0 Å². The van der Waals surface area contributed by atoms with Crippen molar-refractivity contribution in [3.63, 3.8) is 0 Å². The third-order valence-electron chi connectivity index (χ3n) is 3.79. The number of rotatable bonds is 6. The molecular weight excluding hydrogens is 294 g/mol. The van der Waals surface area contributed by atoms with Crippen molar-refractivity contribution >= 4 is 11.8 Å². The molecule has 0 saturated heterocycles. The first kappa shape index (κ1) is 13.6. The van der Waals surface area contributed by atoms with Crippen LogP contribution in [0.2, 0.25) is 0 Å². The molecule has 1 saturated carbocycles. The second-order valence-electron chi connectivity index (χ2n) is 5.55. The van der Waals surface area contributed by atoms with Gasteiger partial charge in [-0.15, -0.1) is 10.2 Å². The fourth-order valence-electron chi connectivity index (χ4n) is 2.48. The van der Waals surface area contributed by atoms with Gasteiger partial charge in [0.25, 0.3) is 0 Å². The van der Waals surface area contributed by atoms with Gasteiger partial charge in [-0.3, -0.25) is 4.57 Å². The molecule has 0 spiro atoms. The maximum Gasteiger partial charge on any atom is 0.191 e. The standard InChI is InChI=1S/C17H17N3OS/c1-2-5-13(6-3-1)12-22-17-19-18-16(14-8-9-14)20(17)11-15-7-4-10-21-15/h1-7,10,14H,8-9,11-12H2. The summed E-state index contributed by atoms with van der Waals surface area (Å²) < 4.78 is 7.71. The number of thioether (sulfide) groups is 1. The van der Waals surface area contributed by atoms with Crippen molar-refractivity contribution < 1.29 is 4.42 Å². The molecule has 0 aliphatic heterocycles. The van der Waals surface area contributed by atoms with E-state index in [1.165, 1.54) is 18.4 Å². The van der Waals surface area contributed by atoms with Crippen LogP contribution in [0.3, 0.4) is 0 Å². The Morgan fingerprint density at radius 1 is 1.09 bits per heavy atom. The summed E-state index contributed by atoms with van der Waals surface area (Å²) in [6, 6.07) is 14.4.